The molecule has 78 valence electrons. The minimum atomic E-state index is -0.718. The summed E-state index contributed by atoms with van der Waals surface area (Å²) in [5.41, 5.74) is 5.45. The van der Waals surface area contributed by atoms with E-state index in [0.717, 1.165) is 5.75 Å². The molecule has 3 N–H and O–H groups in total. The molecule has 0 fully saturated rings. The molecule has 0 saturated heterocycles. The van der Waals surface area contributed by atoms with Gasteiger partial charge in [0, 0.05) is 0 Å². The van der Waals surface area contributed by atoms with Crippen LogP contribution in [0, 0.1) is 11.8 Å². The van der Waals surface area contributed by atoms with Gasteiger partial charge in [-0.1, -0.05) is 20.8 Å². The molecule has 0 heterocycles. The van der Waals surface area contributed by atoms with Crippen molar-refractivity contribution in [1.29, 1.82) is 0 Å². The van der Waals surface area contributed by atoms with Crippen molar-refractivity contribution in [2.45, 2.75) is 26.0 Å². The second-order valence-electron chi connectivity index (χ2n) is 3.68. The molecule has 4 heteroatoms. The van der Waals surface area contributed by atoms with E-state index in [1.54, 1.807) is 0 Å². The maximum Gasteiger partial charge on any atom is 0.316 e. The van der Waals surface area contributed by atoms with Crippen molar-refractivity contribution < 1.29 is 9.90 Å². The average Bonchev–Trinajstić information content (AvgIpc) is 2.03. The average molecular weight is 205 g/mol. The van der Waals surface area contributed by atoms with Crippen molar-refractivity contribution in [1.82, 2.24) is 0 Å². The molecule has 0 aliphatic carbocycles. The summed E-state index contributed by atoms with van der Waals surface area (Å²) >= 11 is 1.49. The zero-order valence-electron chi connectivity index (χ0n) is 8.49. The third-order valence-electron chi connectivity index (χ3n) is 1.81. The van der Waals surface area contributed by atoms with Crippen LogP contribution in [0.5, 0.6) is 0 Å². The highest BCUT2D eigenvalue weighted by atomic mass is 32.2. The number of thioether (sulfide) groups is 1. The van der Waals surface area contributed by atoms with Gasteiger partial charge in [-0.2, -0.15) is 0 Å². The van der Waals surface area contributed by atoms with Gasteiger partial charge < -0.3 is 10.8 Å². The van der Waals surface area contributed by atoms with Crippen molar-refractivity contribution in [2.24, 2.45) is 17.6 Å². The van der Waals surface area contributed by atoms with Gasteiger partial charge in [-0.15, -0.1) is 11.8 Å². The minimum absolute atomic E-state index is 0.174. The topological polar surface area (TPSA) is 63.3 Å². The molecule has 0 saturated carbocycles. The molecule has 0 aliphatic heterocycles. The summed E-state index contributed by atoms with van der Waals surface area (Å²) in [5.74, 6) is 0.674. The van der Waals surface area contributed by atoms with E-state index in [4.69, 9.17) is 10.8 Å². The van der Waals surface area contributed by atoms with Crippen LogP contribution in [-0.2, 0) is 4.79 Å². The van der Waals surface area contributed by atoms with E-state index in [0.29, 0.717) is 12.5 Å². The summed E-state index contributed by atoms with van der Waals surface area (Å²) in [6.07, 6.45) is 0. The van der Waals surface area contributed by atoms with E-state index in [9.17, 15) is 4.79 Å². The smallest absolute Gasteiger partial charge is 0.316 e. The first kappa shape index (κ1) is 12.8. The zero-order valence-corrected chi connectivity index (χ0v) is 9.30. The van der Waals surface area contributed by atoms with E-state index in [2.05, 4.69) is 0 Å². The Labute approximate surface area is 84.1 Å². The van der Waals surface area contributed by atoms with Crippen molar-refractivity contribution in [3.63, 3.8) is 0 Å². The van der Waals surface area contributed by atoms with E-state index in [1.165, 1.54) is 11.8 Å². The SMILES string of the molecule is CC(CN)CSC(C(=O)O)C(C)C. The highest BCUT2D eigenvalue weighted by molar-refractivity contribution is 8.00. The Morgan fingerprint density at radius 3 is 2.31 bits per heavy atom. The number of carboxylic acids is 1. The molecule has 3 nitrogen and oxygen atoms in total. The van der Waals surface area contributed by atoms with Crippen molar-refractivity contribution in [3.05, 3.63) is 0 Å². The first-order chi connectivity index (χ1) is 5.99. The summed E-state index contributed by atoms with van der Waals surface area (Å²) in [5, 5.41) is 8.58. The molecular formula is C9H19NO2S. The Balaban J connectivity index is 3.90. The van der Waals surface area contributed by atoms with Gasteiger partial charge in [0.05, 0.1) is 0 Å². The van der Waals surface area contributed by atoms with Crippen LogP contribution in [0.1, 0.15) is 20.8 Å². The molecule has 2 atom stereocenters. The number of hydrogen-bond donors (Lipinski definition) is 2. The van der Waals surface area contributed by atoms with E-state index in [-0.39, 0.29) is 11.2 Å². The standard InChI is InChI=1S/C9H19NO2S/c1-6(2)8(9(11)12)13-5-7(3)4-10/h6-8H,4-5,10H2,1-3H3,(H,11,12). The fourth-order valence-corrected chi connectivity index (χ4v) is 2.08. The maximum atomic E-state index is 10.8. The van der Waals surface area contributed by atoms with Crippen LogP contribution < -0.4 is 5.73 Å². The van der Waals surface area contributed by atoms with Crippen LogP contribution in [0.25, 0.3) is 0 Å². The number of carboxylic acid groups (broad SMARTS) is 1. The quantitative estimate of drug-likeness (QED) is 0.688. The Hall–Kier alpha value is -0.220. The lowest BCUT2D eigenvalue weighted by Crippen LogP contribution is -2.25. The molecule has 2 unspecified atom stereocenters. The molecule has 0 rings (SSSR count). The van der Waals surface area contributed by atoms with Gasteiger partial charge in [0.25, 0.3) is 0 Å². The molecule has 0 aromatic carbocycles. The van der Waals surface area contributed by atoms with E-state index >= 15 is 0 Å². The second kappa shape index (κ2) is 6.27. The summed E-state index contributed by atoms with van der Waals surface area (Å²) in [4.78, 5) is 10.8. The van der Waals surface area contributed by atoms with Gasteiger partial charge in [-0.25, -0.2) is 0 Å². The maximum absolute atomic E-state index is 10.8. The Kier molecular flexibility index (Phi) is 6.16. The van der Waals surface area contributed by atoms with Crippen molar-refractivity contribution in [2.75, 3.05) is 12.3 Å². The first-order valence-corrected chi connectivity index (χ1v) is 5.58. The molecule has 0 bridgehead atoms. The number of carbonyl (C=O) groups is 1. The normalized spacial score (nSPS) is 15.8. The third-order valence-corrected chi connectivity index (χ3v) is 3.68. The summed E-state index contributed by atoms with van der Waals surface area (Å²) in [6, 6.07) is 0. The number of rotatable bonds is 6. The highest BCUT2D eigenvalue weighted by Gasteiger charge is 2.22. The molecule has 0 aliphatic rings. The van der Waals surface area contributed by atoms with Gasteiger partial charge in [0.1, 0.15) is 5.25 Å². The molecule has 0 aromatic rings. The van der Waals surface area contributed by atoms with Gasteiger partial charge in [0.15, 0.2) is 0 Å². The van der Waals surface area contributed by atoms with Gasteiger partial charge in [-0.05, 0) is 24.1 Å². The number of aliphatic carboxylic acids is 1. The van der Waals surface area contributed by atoms with Crippen LogP contribution in [0.15, 0.2) is 0 Å². The number of nitrogens with two attached hydrogens (primary N) is 1. The van der Waals surface area contributed by atoms with Crippen LogP contribution in [0.3, 0.4) is 0 Å². The predicted molar refractivity (Wildman–Crippen MR) is 56.9 cm³/mol. The first-order valence-electron chi connectivity index (χ1n) is 4.53. The van der Waals surface area contributed by atoms with Gasteiger partial charge >= 0.3 is 5.97 Å². The fourth-order valence-electron chi connectivity index (χ4n) is 0.885. The predicted octanol–water partition coefficient (Wildman–Crippen LogP) is 1.42. The van der Waals surface area contributed by atoms with Crippen LogP contribution in [0.2, 0.25) is 0 Å². The van der Waals surface area contributed by atoms with E-state index in [1.807, 2.05) is 20.8 Å². The van der Waals surface area contributed by atoms with Crippen LogP contribution in [0.4, 0.5) is 0 Å². The highest BCUT2D eigenvalue weighted by Crippen LogP contribution is 2.21. The zero-order chi connectivity index (χ0) is 10.4. The molecule has 0 spiro atoms. The molecular weight excluding hydrogens is 186 g/mol. The molecule has 0 aromatic heterocycles. The van der Waals surface area contributed by atoms with Crippen molar-refractivity contribution in [3.8, 4) is 0 Å². The van der Waals surface area contributed by atoms with Crippen molar-refractivity contribution >= 4 is 17.7 Å². The Morgan fingerprint density at radius 1 is 1.46 bits per heavy atom. The molecule has 0 amide bonds. The lowest BCUT2D eigenvalue weighted by molar-refractivity contribution is -0.137. The van der Waals surface area contributed by atoms with E-state index < -0.39 is 5.97 Å². The van der Waals surface area contributed by atoms with Crippen LogP contribution >= 0.6 is 11.8 Å². The Bertz CT molecular complexity index is 162. The lowest BCUT2D eigenvalue weighted by atomic mass is 10.1. The minimum Gasteiger partial charge on any atom is -0.480 e. The summed E-state index contributed by atoms with van der Waals surface area (Å²) < 4.78 is 0. The lowest BCUT2D eigenvalue weighted by Gasteiger charge is -2.17. The molecule has 0 radical (unpaired) electrons. The molecule has 13 heavy (non-hydrogen) atoms. The van der Waals surface area contributed by atoms with Gasteiger partial charge in [-0.3, -0.25) is 4.79 Å². The fraction of sp³-hybridized carbons (Fsp3) is 0.889. The second-order valence-corrected chi connectivity index (χ2v) is 4.85. The van der Waals surface area contributed by atoms with Crippen LogP contribution in [-0.4, -0.2) is 28.6 Å². The third kappa shape index (κ3) is 5.16. The summed E-state index contributed by atoms with van der Waals surface area (Å²) in [6.45, 7) is 6.52. The van der Waals surface area contributed by atoms with Gasteiger partial charge in [0.2, 0.25) is 0 Å². The summed E-state index contributed by atoms with van der Waals surface area (Å²) in [7, 11) is 0. The largest absolute Gasteiger partial charge is 0.480 e. The number of hydrogen-bond acceptors (Lipinski definition) is 3. The monoisotopic (exact) mass is 205 g/mol. The Morgan fingerprint density at radius 2 is 2.00 bits per heavy atom.